The Kier molecular flexibility index (Phi) is 8.22. The Labute approximate surface area is 134 Å². The van der Waals surface area contributed by atoms with E-state index in [1.165, 1.54) is 18.9 Å². The van der Waals surface area contributed by atoms with Gasteiger partial charge in [0.05, 0.1) is 13.5 Å². The van der Waals surface area contributed by atoms with E-state index < -0.39 is 0 Å². The van der Waals surface area contributed by atoms with Crippen LogP contribution in [0.3, 0.4) is 0 Å². The minimum absolute atomic E-state index is 0.0706. The first-order chi connectivity index (χ1) is 10.5. The van der Waals surface area contributed by atoms with Gasteiger partial charge in [0.2, 0.25) is 0 Å². The molecule has 0 saturated carbocycles. The fourth-order valence-electron chi connectivity index (χ4n) is 1.73. The normalized spacial score (nSPS) is 10.6. The zero-order valence-electron chi connectivity index (χ0n) is 12.8. The first-order valence-corrected chi connectivity index (χ1v) is 8.01. The number of benzene rings is 1. The van der Waals surface area contributed by atoms with Crippen LogP contribution in [0.1, 0.15) is 42.1 Å². The van der Waals surface area contributed by atoms with Gasteiger partial charge in [-0.2, -0.15) is 0 Å². The molecular formula is C17H20O4S. The van der Waals surface area contributed by atoms with Crippen LogP contribution >= 0.6 is 11.8 Å². The molecule has 5 heteroatoms. The molecule has 0 radical (unpaired) electrons. The summed E-state index contributed by atoms with van der Waals surface area (Å²) in [5, 5.41) is 0.128. The third-order valence-corrected chi connectivity index (χ3v) is 3.76. The summed E-state index contributed by atoms with van der Waals surface area (Å²) in [6.07, 6.45) is 5.05. The van der Waals surface area contributed by atoms with Crippen LogP contribution in [0.25, 0.3) is 6.08 Å². The molecule has 0 aliphatic heterocycles. The predicted octanol–water partition coefficient (Wildman–Crippen LogP) is 3.51. The standard InChI is InChI=1S/C17H20O4S/c1-13(18)22-12-4-3-5-14-6-8-15(9-7-14)16(19)10-11-17(20)21-2/h3,5-9H,4,10-12H2,1-2H3. The van der Waals surface area contributed by atoms with Crippen LogP contribution in [0.15, 0.2) is 30.3 Å². The molecule has 22 heavy (non-hydrogen) atoms. The van der Waals surface area contributed by atoms with Crippen LogP contribution in [0, 0.1) is 0 Å². The number of ether oxygens (including phenoxy) is 1. The van der Waals surface area contributed by atoms with Crippen molar-refractivity contribution in [3.63, 3.8) is 0 Å². The first-order valence-electron chi connectivity index (χ1n) is 7.03. The van der Waals surface area contributed by atoms with Crippen molar-refractivity contribution in [1.29, 1.82) is 0 Å². The number of rotatable bonds is 8. The van der Waals surface area contributed by atoms with Gasteiger partial charge in [0.15, 0.2) is 10.9 Å². The van der Waals surface area contributed by atoms with E-state index in [1.807, 2.05) is 24.3 Å². The van der Waals surface area contributed by atoms with Crippen LogP contribution in [-0.4, -0.2) is 29.7 Å². The third-order valence-electron chi connectivity index (χ3n) is 2.92. The summed E-state index contributed by atoms with van der Waals surface area (Å²) in [5.41, 5.74) is 1.59. The highest BCUT2D eigenvalue weighted by molar-refractivity contribution is 8.13. The van der Waals surface area contributed by atoms with Crippen molar-refractivity contribution in [3.8, 4) is 0 Å². The molecule has 4 nitrogen and oxygen atoms in total. The lowest BCUT2D eigenvalue weighted by atomic mass is 10.0. The molecule has 0 amide bonds. The van der Waals surface area contributed by atoms with Crippen LogP contribution in [0.5, 0.6) is 0 Å². The summed E-state index contributed by atoms with van der Waals surface area (Å²) in [7, 11) is 1.31. The number of carbonyl (C=O) groups is 3. The molecule has 1 rings (SSSR count). The lowest BCUT2D eigenvalue weighted by molar-refractivity contribution is -0.140. The molecule has 0 aliphatic rings. The van der Waals surface area contributed by atoms with Crippen molar-refractivity contribution in [2.75, 3.05) is 12.9 Å². The van der Waals surface area contributed by atoms with Crippen molar-refractivity contribution < 1.29 is 19.1 Å². The molecule has 0 fully saturated rings. The summed E-state index contributed by atoms with van der Waals surface area (Å²) in [6.45, 7) is 1.56. The first kappa shape index (κ1) is 18.2. The number of hydrogen-bond donors (Lipinski definition) is 0. The largest absolute Gasteiger partial charge is 0.469 e. The highest BCUT2D eigenvalue weighted by Gasteiger charge is 2.08. The minimum atomic E-state index is -0.378. The van der Waals surface area contributed by atoms with Gasteiger partial charge in [-0.05, 0) is 12.0 Å². The quantitative estimate of drug-likeness (QED) is 0.417. The van der Waals surface area contributed by atoms with Gasteiger partial charge >= 0.3 is 5.97 Å². The molecule has 0 heterocycles. The fourth-order valence-corrected chi connectivity index (χ4v) is 2.27. The van der Waals surface area contributed by atoms with Gasteiger partial charge in [0.25, 0.3) is 0 Å². The second-order valence-electron chi connectivity index (χ2n) is 4.65. The van der Waals surface area contributed by atoms with Crippen molar-refractivity contribution in [2.24, 2.45) is 0 Å². The second kappa shape index (κ2) is 9.95. The maximum absolute atomic E-state index is 11.9. The maximum Gasteiger partial charge on any atom is 0.305 e. The number of carbonyl (C=O) groups excluding carboxylic acids is 3. The molecule has 0 atom stereocenters. The summed E-state index contributed by atoms with van der Waals surface area (Å²) in [5.74, 6) is 0.325. The van der Waals surface area contributed by atoms with Crippen LogP contribution in [-0.2, 0) is 14.3 Å². The summed E-state index contributed by atoms with van der Waals surface area (Å²) >= 11 is 1.31. The highest BCUT2D eigenvalue weighted by Crippen LogP contribution is 2.11. The Bertz CT molecular complexity index is 546. The van der Waals surface area contributed by atoms with Crippen LogP contribution < -0.4 is 0 Å². The van der Waals surface area contributed by atoms with Gasteiger partial charge in [0, 0.05) is 24.7 Å². The zero-order valence-corrected chi connectivity index (χ0v) is 13.7. The smallest absolute Gasteiger partial charge is 0.305 e. The van der Waals surface area contributed by atoms with Crippen molar-refractivity contribution in [3.05, 3.63) is 41.5 Å². The van der Waals surface area contributed by atoms with E-state index >= 15 is 0 Å². The summed E-state index contributed by atoms with van der Waals surface area (Å²) in [4.78, 5) is 33.7. The molecule has 1 aromatic carbocycles. The van der Waals surface area contributed by atoms with E-state index in [0.717, 1.165) is 17.7 Å². The van der Waals surface area contributed by atoms with Crippen molar-refractivity contribution >= 4 is 34.7 Å². The average molecular weight is 320 g/mol. The minimum Gasteiger partial charge on any atom is -0.469 e. The van der Waals surface area contributed by atoms with E-state index in [0.29, 0.717) is 5.56 Å². The lowest BCUT2D eigenvalue weighted by Gasteiger charge is -2.01. The Morgan fingerprint density at radius 3 is 2.41 bits per heavy atom. The molecule has 0 bridgehead atoms. The highest BCUT2D eigenvalue weighted by atomic mass is 32.2. The number of ketones is 1. The summed E-state index contributed by atoms with van der Waals surface area (Å²) in [6, 6.07) is 7.23. The Hall–Kier alpha value is -1.88. The van der Waals surface area contributed by atoms with Crippen LogP contribution in [0.4, 0.5) is 0 Å². The van der Waals surface area contributed by atoms with Gasteiger partial charge < -0.3 is 4.74 Å². The van der Waals surface area contributed by atoms with Crippen molar-refractivity contribution in [1.82, 2.24) is 0 Å². The average Bonchev–Trinajstić information content (AvgIpc) is 2.52. The fraction of sp³-hybridized carbons (Fsp3) is 0.353. The monoisotopic (exact) mass is 320 g/mol. The number of thioether (sulfide) groups is 1. The van der Waals surface area contributed by atoms with Gasteiger partial charge in [-0.15, -0.1) is 0 Å². The SMILES string of the molecule is COC(=O)CCC(=O)c1ccc(C=CCCSC(C)=O)cc1. The van der Waals surface area contributed by atoms with Gasteiger partial charge in [0.1, 0.15) is 0 Å². The molecule has 1 aromatic rings. The molecule has 0 aliphatic carbocycles. The molecule has 118 valence electrons. The van der Waals surface area contributed by atoms with Gasteiger partial charge in [-0.25, -0.2) is 0 Å². The van der Waals surface area contributed by atoms with Crippen LogP contribution in [0.2, 0.25) is 0 Å². The third kappa shape index (κ3) is 7.22. The Morgan fingerprint density at radius 2 is 1.82 bits per heavy atom. The van der Waals surface area contributed by atoms with E-state index in [1.54, 1.807) is 19.1 Å². The molecule has 0 spiro atoms. The van der Waals surface area contributed by atoms with Gasteiger partial charge in [-0.3, -0.25) is 14.4 Å². The van der Waals surface area contributed by atoms with Crippen molar-refractivity contribution in [2.45, 2.75) is 26.2 Å². The lowest BCUT2D eigenvalue weighted by Crippen LogP contribution is -2.05. The molecular weight excluding hydrogens is 300 g/mol. The maximum atomic E-state index is 11.9. The Morgan fingerprint density at radius 1 is 1.14 bits per heavy atom. The summed E-state index contributed by atoms with van der Waals surface area (Å²) < 4.78 is 4.51. The predicted molar refractivity (Wildman–Crippen MR) is 88.8 cm³/mol. The van der Waals surface area contributed by atoms with Gasteiger partial charge in [-0.1, -0.05) is 48.2 Å². The topological polar surface area (TPSA) is 60.4 Å². The number of methoxy groups -OCH3 is 1. The number of esters is 1. The Balaban J connectivity index is 2.45. The van der Waals surface area contributed by atoms with E-state index in [-0.39, 0.29) is 29.7 Å². The molecule has 0 N–H and O–H groups in total. The number of allylic oxidation sites excluding steroid dienone is 1. The molecule has 0 saturated heterocycles. The number of hydrogen-bond acceptors (Lipinski definition) is 5. The van der Waals surface area contributed by atoms with E-state index in [2.05, 4.69) is 4.74 Å². The number of Topliss-reactive ketones (excluding diaryl/α,β-unsaturated/α-hetero) is 1. The second-order valence-corrected chi connectivity index (χ2v) is 5.92. The molecule has 0 unspecified atom stereocenters. The van der Waals surface area contributed by atoms with E-state index in [4.69, 9.17) is 0 Å². The zero-order chi connectivity index (χ0) is 16.4. The van der Waals surface area contributed by atoms with E-state index in [9.17, 15) is 14.4 Å². The molecule has 0 aromatic heterocycles.